The first-order valence-electron chi connectivity index (χ1n) is 5.66. The standard InChI is InChI=1S/C14H22/c1-11(2)7-5-9-14-10-6-8-12(3)13(14)4/h6,8,10-11H,5,7,9H2,1-4H3. The molecule has 0 aromatic heterocycles. The van der Waals surface area contributed by atoms with Gasteiger partial charge in [-0.05, 0) is 49.3 Å². The van der Waals surface area contributed by atoms with Crippen LogP contribution in [0.4, 0.5) is 0 Å². The molecular weight excluding hydrogens is 168 g/mol. The molecule has 0 nitrogen and oxygen atoms in total. The first-order valence-corrected chi connectivity index (χ1v) is 5.66. The van der Waals surface area contributed by atoms with Crippen LogP contribution in [-0.4, -0.2) is 0 Å². The molecule has 0 amide bonds. The highest BCUT2D eigenvalue weighted by Gasteiger charge is 2.01. The predicted octanol–water partition coefficient (Wildman–Crippen LogP) is 4.28. The van der Waals surface area contributed by atoms with E-state index in [0.29, 0.717) is 0 Å². The van der Waals surface area contributed by atoms with Crippen LogP contribution in [0.2, 0.25) is 0 Å². The molecule has 0 aliphatic rings. The van der Waals surface area contributed by atoms with Gasteiger partial charge in [-0.3, -0.25) is 0 Å². The topological polar surface area (TPSA) is 0 Å². The van der Waals surface area contributed by atoms with E-state index in [9.17, 15) is 0 Å². The highest BCUT2D eigenvalue weighted by molar-refractivity contribution is 5.33. The zero-order valence-electron chi connectivity index (χ0n) is 9.93. The maximum Gasteiger partial charge on any atom is -0.0276 e. The summed E-state index contributed by atoms with van der Waals surface area (Å²) < 4.78 is 0. The number of hydrogen-bond acceptors (Lipinski definition) is 0. The highest BCUT2D eigenvalue weighted by atomic mass is 14.1. The Balaban J connectivity index is 2.54. The first kappa shape index (κ1) is 11.3. The van der Waals surface area contributed by atoms with E-state index in [1.54, 1.807) is 0 Å². The van der Waals surface area contributed by atoms with Gasteiger partial charge in [-0.1, -0.05) is 38.5 Å². The average molecular weight is 190 g/mol. The van der Waals surface area contributed by atoms with Crippen molar-refractivity contribution < 1.29 is 0 Å². The lowest BCUT2D eigenvalue weighted by molar-refractivity contribution is 0.555. The second-order valence-electron chi connectivity index (χ2n) is 4.65. The summed E-state index contributed by atoms with van der Waals surface area (Å²) in [6.45, 7) is 9.02. The van der Waals surface area contributed by atoms with Gasteiger partial charge in [-0.15, -0.1) is 0 Å². The van der Waals surface area contributed by atoms with Crippen molar-refractivity contribution in [2.24, 2.45) is 5.92 Å². The minimum atomic E-state index is 0.833. The van der Waals surface area contributed by atoms with E-state index in [4.69, 9.17) is 0 Å². The Bertz CT molecular complexity index is 284. The van der Waals surface area contributed by atoms with Crippen LogP contribution < -0.4 is 0 Å². The van der Waals surface area contributed by atoms with Gasteiger partial charge in [0.25, 0.3) is 0 Å². The molecule has 0 saturated heterocycles. The minimum Gasteiger partial charge on any atom is -0.0628 e. The Labute approximate surface area is 88.4 Å². The molecule has 0 N–H and O–H groups in total. The van der Waals surface area contributed by atoms with Crippen LogP contribution in [0.5, 0.6) is 0 Å². The fourth-order valence-corrected chi connectivity index (χ4v) is 1.78. The van der Waals surface area contributed by atoms with Gasteiger partial charge < -0.3 is 0 Å². The molecule has 1 aromatic carbocycles. The highest BCUT2D eigenvalue weighted by Crippen LogP contribution is 2.16. The van der Waals surface area contributed by atoms with E-state index in [2.05, 4.69) is 45.9 Å². The SMILES string of the molecule is Cc1cccc(CCCC(C)C)c1C. The maximum absolute atomic E-state index is 2.29. The lowest BCUT2D eigenvalue weighted by Crippen LogP contribution is -1.94. The predicted molar refractivity (Wildman–Crippen MR) is 63.7 cm³/mol. The summed E-state index contributed by atoms with van der Waals surface area (Å²) in [6, 6.07) is 6.64. The zero-order valence-corrected chi connectivity index (χ0v) is 9.93. The largest absolute Gasteiger partial charge is 0.0628 e. The first-order chi connectivity index (χ1) is 6.61. The molecule has 14 heavy (non-hydrogen) atoms. The van der Waals surface area contributed by atoms with Gasteiger partial charge >= 0.3 is 0 Å². The van der Waals surface area contributed by atoms with Gasteiger partial charge in [0.2, 0.25) is 0 Å². The molecule has 0 aliphatic heterocycles. The molecular formula is C14H22. The second-order valence-corrected chi connectivity index (χ2v) is 4.65. The molecule has 0 saturated carbocycles. The molecule has 0 radical (unpaired) electrons. The molecule has 0 heterocycles. The van der Waals surface area contributed by atoms with Gasteiger partial charge in [-0.25, -0.2) is 0 Å². The molecule has 78 valence electrons. The van der Waals surface area contributed by atoms with Gasteiger partial charge in [0.1, 0.15) is 0 Å². The van der Waals surface area contributed by atoms with Crippen LogP contribution in [0.25, 0.3) is 0 Å². The van der Waals surface area contributed by atoms with Crippen molar-refractivity contribution in [3.05, 3.63) is 34.9 Å². The van der Waals surface area contributed by atoms with Crippen LogP contribution in [0.1, 0.15) is 43.4 Å². The smallest absolute Gasteiger partial charge is 0.0276 e. The van der Waals surface area contributed by atoms with Crippen molar-refractivity contribution in [3.8, 4) is 0 Å². The fourth-order valence-electron chi connectivity index (χ4n) is 1.78. The summed E-state index contributed by atoms with van der Waals surface area (Å²) in [4.78, 5) is 0. The summed E-state index contributed by atoms with van der Waals surface area (Å²) in [6.07, 6.45) is 3.90. The van der Waals surface area contributed by atoms with Crippen LogP contribution in [0, 0.1) is 19.8 Å². The van der Waals surface area contributed by atoms with Crippen LogP contribution >= 0.6 is 0 Å². The zero-order chi connectivity index (χ0) is 10.6. The molecule has 0 bridgehead atoms. The molecule has 0 spiro atoms. The van der Waals surface area contributed by atoms with Crippen molar-refractivity contribution in [2.45, 2.75) is 47.0 Å². The monoisotopic (exact) mass is 190 g/mol. The number of benzene rings is 1. The van der Waals surface area contributed by atoms with Crippen molar-refractivity contribution in [1.82, 2.24) is 0 Å². The third-order valence-electron chi connectivity index (χ3n) is 2.94. The van der Waals surface area contributed by atoms with E-state index in [0.717, 1.165) is 5.92 Å². The molecule has 0 atom stereocenters. The Morgan fingerprint density at radius 3 is 2.50 bits per heavy atom. The molecule has 0 unspecified atom stereocenters. The van der Waals surface area contributed by atoms with Crippen LogP contribution in [-0.2, 0) is 6.42 Å². The molecule has 1 rings (SSSR count). The van der Waals surface area contributed by atoms with Crippen LogP contribution in [0.3, 0.4) is 0 Å². The van der Waals surface area contributed by atoms with E-state index in [-0.39, 0.29) is 0 Å². The van der Waals surface area contributed by atoms with Crippen molar-refractivity contribution in [1.29, 1.82) is 0 Å². The van der Waals surface area contributed by atoms with Gasteiger partial charge in [0.05, 0.1) is 0 Å². The Morgan fingerprint density at radius 2 is 1.86 bits per heavy atom. The summed E-state index contributed by atoms with van der Waals surface area (Å²) in [5, 5.41) is 0. The van der Waals surface area contributed by atoms with Crippen LogP contribution in [0.15, 0.2) is 18.2 Å². The molecule has 0 aliphatic carbocycles. The Kier molecular flexibility index (Phi) is 4.19. The Hall–Kier alpha value is -0.780. The van der Waals surface area contributed by atoms with Gasteiger partial charge in [0, 0.05) is 0 Å². The van der Waals surface area contributed by atoms with E-state index >= 15 is 0 Å². The quantitative estimate of drug-likeness (QED) is 0.664. The summed E-state index contributed by atoms with van der Waals surface area (Å²) in [7, 11) is 0. The molecule has 1 aromatic rings. The fraction of sp³-hybridized carbons (Fsp3) is 0.571. The normalized spacial score (nSPS) is 10.9. The number of hydrogen-bond donors (Lipinski definition) is 0. The summed E-state index contributed by atoms with van der Waals surface area (Å²) in [5.41, 5.74) is 4.44. The van der Waals surface area contributed by atoms with Gasteiger partial charge in [-0.2, -0.15) is 0 Å². The lowest BCUT2D eigenvalue weighted by atomic mass is 9.97. The third kappa shape index (κ3) is 3.17. The Morgan fingerprint density at radius 1 is 1.14 bits per heavy atom. The summed E-state index contributed by atoms with van der Waals surface area (Å²) >= 11 is 0. The molecule has 0 fully saturated rings. The summed E-state index contributed by atoms with van der Waals surface area (Å²) in [5.74, 6) is 0.833. The third-order valence-corrected chi connectivity index (χ3v) is 2.94. The minimum absolute atomic E-state index is 0.833. The number of rotatable bonds is 4. The van der Waals surface area contributed by atoms with E-state index in [1.165, 1.54) is 36.0 Å². The maximum atomic E-state index is 2.29. The van der Waals surface area contributed by atoms with E-state index in [1.807, 2.05) is 0 Å². The second kappa shape index (κ2) is 5.19. The van der Waals surface area contributed by atoms with E-state index < -0.39 is 0 Å². The van der Waals surface area contributed by atoms with Crippen molar-refractivity contribution >= 4 is 0 Å². The van der Waals surface area contributed by atoms with Crippen molar-refractivity contribution in [2.75, 3.05) is 0 Å². The average Bonchev–Trinajstić information content (AvgIpc) is 2.12. The lowest BCUT2D eigenvalue weighted by Gasteiger charge is -2.09. The van der Waals surface area contributed by atoms with Crippen molar-refractivity contribution in [3.63, 3.8) is 0 Å². The number of aryl methyl sites for hydroxylation is 2. The van der Waals surface area contributed by atoms with Gasteiger partial charge in [0.15, 0.2) is 0 Å². The molecule has 0 heteroatoms.